The van der Waals surface area contributed by atoms with Crippen molar-refractivity contribution in [3.8, 4) is 17.2 Å². The molecule has 1 aromatic heterocycles. The second-order valence-corrected chi connectivity index (χ2v) is 7.09. The summed E-state index contributed by atoms with van der Waals surface area (Å²) in [5.74, 6) is 0.914. The van der Waals surface area contributed by atoms with Crippen molar-refractivity contribution in [1.82, 2.24) is 10.6 Å². The lowest BCUT2D eigenvalue weighted by molar-refractivity contribution is -0.117. The van der Waals surface area contributed by atoms with Crippen molar-refractivity contribution in [2.45, 2.75) is 0 Å². The minimum absolute atomic E-state index is 0.0104. The van der Waals surface area contributed by atoms with E-state index in [1.807, 2.05) is 0 Å². The van der Waals surface area contributed by atoms with E-state index in [9.17, 15) is 9.59 Å². The second kappa shape index (κ2) is 11.6. The maximum atomic E-state index is 12.8. The van der Waals surface area contributed by atoms with Crippen molar-refractivity contribution < 1.29 is 28.2 Å². The largest absolute Gasteiger partial charge is 0.493 e. The fourth-order valence-electron chi connectivity index (χ4n) is 2.81. The van der Waals surface area contributed by atoms with Crippen molar-refractivity contribution in [3.05, 3.63) is 82.9 Å². The first kappa shape index (κ1) is 23.7. The standard InChI is InChI=1S/C24H23ClN2O6/c1-30-21-10-5-16(14-22(21)31-2)23(28)27-20(15-19-4-3-12-32-19)24(29)26-11-13-33-18-8-6-17(25)7-9-18/h3-10,12,14-15H,11,13H2,1-2H3,(H,26,29)(H,27,28)/b20-15-. The molecular weight excluding hydrogens is 448 g/mol. The van der Waals surface area contributed by atoms with Gasteiger partial charge < -0.3 is 29.3 Å². The van der Waals surface area contributed by atoms with Crippen LogP contribution in [-0.4, -0.2) is 39.2 Å². The van der Waals surface area contributed by atoms with Crippen LogP contribution in [0.25, 0.3) is 6.08 Å². The van der Waals surface area contributed by atoms with Crippen LogP contribution in [0.1, 0.15) is 16.1 Å². The van der Waals surface area contributed by atoms with E-state index in [4.69, 9.17) is 30.2 Å². The molecule has 0 spiro atoms. The molecule has 0 unspecified atom stereocenters. The number of amides is 2. The average molecular weight is 471 g/mol. The van der Waals surface area contributed by atoms with E-state index in [0.29, 0.717) is 28.0 Å². The summed E-state index contributed by atoms with van der Waals surface area (Å²) >= 11 is 5.85. The van der Waals surface area contributed by atoms with Crippen molar-refractivity contribution in [1.29, 1.82) is 0 Å². The highest BCUT2D eigenvalue weighted by Crippen LogP contribution is 2.27. The molecule has 0 aliphatic carbocycles. The lowest BCUT2D eigenvalue weighted by atomic mass is 10.1. The molecule has 0 aliphatic rings. The molecule has 172 valence electrons. The van der Waals surface area contributed by atoms with Gasteiger partial charge in [-0.05, 0) is 54.6 Å². The third-order valence-electron chi connectivity index (χ3n) is 4.44. The third-order valence-corrected chi connectivity index (χ3v) is 4.69. The quantitative estimate of drug-likeness (QED) is 0.344. The lowest BCUT2D eigenvalue weighted by Gasteiger charge is -2.13. The van der Waals surface area contributed by atoms with Gasteiger partial charge in [0.2, 0.25) is 0 Å². The number of halogens is 1. The normalized spacial score (nSPS) is 10.9. The second-order valence-electron chi connectivity index (χ2n) is 6.66. The highest BCUT2D eigenvalue weighted by molar-refractivity contribution is 6.30. The number of hydrogen-bond acceptors (Lipinski definition) is 6. The van der Waals surface area contributed by atoms with Gasteiger partial charge in [0, 0.05) is 16.7 Å². The molecule has 0 atom stereocenters. The summed E-state index contributed by atoms with van der Waals surface area (Å²) in [5.41, 5.74) is 0.299. The molecule has 8 nitrogen and oxygen atoms in total. The number of carbonyl (C=O) groups excluding carboxylic acids is 2. The molecule has 0 radical (unpaired) electrons. The Bertz CT molecular complexity index is 1110. The van der Waals surface area contributed by atoms with Gasteiger partial charge >= 0.3 is 0 Å². The molecule has 0 saturated heterocycles. The van der Waals surface area contributed by atoms with E-state index >= 15 is 0 Å². The molecule has 0 bridgehead atoms. The maximum Gasteiger partial charge on any atom is 0.268 e. The van der Waals surface area contributed by atoms with Gasteiger partial charge in [0.15, 0.2) is 11.5 Å². The summed E-state index contributed by atoms with van der Waals surface area (Å²) in [4.78, 5) is 25.6. The molecule has 0 saturated carbocycles. The first-order valence-electron chi connectivity index (χ1n) is 9.95. The van der Waals surface area contributed by atoms with Gasteiger partial charge in [-0.1, -0.05) is 11.6 Å². The zero-order valence-electron chi connectivity index (χ0n) is 18.1. The van der Waals surface area contributed by atoms with E-state index in [-0.39, 0.29) is 24.4 Å². The molecule has 3 rings (SSSR count). The smallest absolute Gasteiger partial charge is 0.268 e. The zero-order valence-corrected chi connectivity index (χ0v) is 18.8. The maximum absolute atomic E-state index is 12.8. The van der Waals surface area contributed by atoms with Crippen molar-refractivity contribution in [3.63, 3.8) is 0 Å². The monoisotopic (exact) mass is 470 g/mol. The number of ether oxygens (including phenoxy) is 3. The van der Waals surface area contributed by atoms with Crippen molar-refractivity contribution >= 4 is 29.5 Å². The minimum Gasteiger partial charge on any atom is -0.493 e. The van der Waals surface area contributed by atoms with Crippen LogP contribution in [0.4, 0.5) is 0 Å². The Morgan fingerprint density at radius 2 is 1.79 bits per heavy atom. The molecule has 2 aromatic carbocycles. The Labute approximate surface area is 196 Å². The lowest BCUT2D eigenvalue weighted by Crippen LogP contribution is -2.36. The SMILES string of the molecule is COc1ccc(C(=O)N/C(=C\c2ccco2)C(=O)NCCOc2ccc(Cl)cc2)cc1OC. The Morgan fingerprint density at radius 1 is 1.03 bits per heavy atom. The highest BCUT2D eigenvalue weighted by Gasteiger charge is 2.17. The van der Waals surface area contributed by atoms with Crippen LogP contribution in [0, 0.1) is 0 Å². The predicted octanol–water partition coefficient (Wildman–Crippen LogP) is 3.92. The average Bonchev–Trinajstić information content (AvgIpc) is 3.35. The Hall–Kier alpha value is -3.91. The summed E-state index contributed by atoms with van der Waals surface area (Å²) in [5, 5.41) is 5.94. The first-order valence-corrected chi connectivity index (χ1v) is 10.3. The number of hydrogen-bond donors (Lipinski definition) is 2. The van der Waals surface area contributed by atoms with Crippen LogP contribution in [0.2, 0.25) is 5.02 Å². The third kappa shape index (κ3) is 6.78. The van der Waals surface area contributed by atoms with Gasteiger partial charge in [-0.2, -0.15) is 0 Å². The fourth-order valence-corrected chi connectivity index (χ4v) is 2.93. The van der Waals surface area contributed by atoms with E-state index in [1.165, 1.54) is 32.6 Å². The summed E-state index contributed by atoms with van der Waals surface area (Å²) in [6.07, 6.45) is 2.91. The van der Waals surface area contributed by atoms with Gasteiger partial charge in [0.25, 0.3) is 11.8 Å². The zero-order chi connectivity index (χ0) is 23.6. The predicted molar refractivity (Wildman–Crippen MR) is 124 cm³/mol. The molecule has 2 amide bonds. The topological polar surface area (TPSA) is 99.0 Å². The van der Waals surface area contributed by atoms with Crippen LogP contribution < -0.4 is 24.8 Å². The van der Waals surface area contributed by atoms with E-state index in [0.717, 1.165) is 0 Å². The summed E-state index contributed by atoms with van der Waals surface area (Å²) in [7, 11) is 2.98. The first-order chi connectivity index (χ1) is 16.0. The molecule has 9 heteroatoms. The number of carbonyl (C=O) groups is 2. The highest BCUT2D eigenvalue weighted by atomic mass is 35.5. The fraction of sp³-hybridized carbons (Fsp3) is 0.167. The summed E-state index contributed by atoms with van der Waals surface area (Å²) in [6, 6.07) is 14.9. The van der Waals surface area contributed by atoms with Crippen molar-refractivity contribution in [2.75, 3.05) is 27.4 Å². The van der Waals surface area contributed by atoms with E-state index in [1.54, 1.807) is 48.5 Å². The number of methoxy groups -OCH3 is 2. The van der Waals surface area contributed by atoms with Crippen LogP contribution in [0.5, 0.6) is 17.2 Å². The minimum atomic E-state index is -0.500. The molecule has 2 N–H and O–H groups in total. The summed E-state index contributed by atoms with van der Waals surface area (Å²) < 4.78 is 21.3. The van der Waals surface area contributed by atoms with Gasteiger partial charge in [0.1, 0.15) is 23.8 Å². The molecular formula is C24H23ClN2O6. The number of furan rings is 1. The molecule has 3 aromatic rings. The molecule has 0 aliphatic heterocycles. The van der Waals surface area contributed by atoms with E-state index in [2.05, 4.69) is 10.6 Å². The Balaban J connectivity index is 1.66. The van der Waals surface area contributed by atoms with Gasteiger partial charge in [-0.15, -0.1) is 0 Å². The molecule has 0 fully saturated rings. The Kier molecular flexibility index (Phi) is 8.37. The van der Waals surface area contributed by atoms with Crippen LogP contribution >= 0.6 is 11.6 Å². The van der Waals surface area contributed by atoms with Gasteiger partial charge in [0.05, 0.1) is 27.0 Å². The number of rotatable bonds is 10. The van der Waals surface area contributed by atoms with Gasteiger partial charge in [-0.25, -0.2) is 0 Å². The van der Waals surface area contributed by atoms with E-state index < -0.39 is 11.8 Å². The number of benzene rings is 2. The Morgan fingerprint density at radius 3 is 2.45 bits per heavy atom. The van der Waals surface area contributed by atoms with Gasteiger partial charge in [-0.3, -0.25) is 9.59 Å². The molecule has 33 heavy (non-hydrogen) atoms. The molecule has 1 heterocycles. The van der Waals surface area contributed by atoms with Crippen LogP contribution in [0.3, 0.4) is 0 Å². The summed E-state index contributed by atoms with van der Waals surface area (Å²) in [6.45, 7) is 0.439. The van der Waals surface area contributed by atoms with Crippen LogP contribution in [-0.2, 0) is 4.79 Å². The van der Waals surface area contributed by atoms with Crippen LogP contribution in [0.15, 0.2) is 71.0 Å². The number of nitrogens with one attached hydrogen (secondary N) is 2. The van der Waals surface area contributed by atoms with Crippen molar-refractivity contribution in [2.24, 2.45) is 0 Å².